The van der Waals surface area contributed by atoms with Crippen LogP contribution in [0.15, 0.2) is 28.7 Å². The molecule has 100 valence electrons. The molecule has 0 radical (unpaired) electrons. The smallest absolute Gasteiger partial charge is 0.307 e. The van der Waals surface area contributed by atoms with Gasteiger partial charge in [0, 0.05) is 16.6 Å². The van der Waals surface area contributed by atoms with Crippen molar-refractivity contribution in [3.05, 3.63) is 34.3 Å². The molecule has 1 aromatic carbocycles. The molecule has 0 saturated carbocycles. The van der Waals surface area contributed by atoms with Gasteiger partial charge in [-0.3, -0.25) is 4.79 Å². The van der Waals surface area contributed by atoms with E-state index in [4.69, 9.17) is 4.74 Å². The number of ether oxygens (including phenoxy) is 1. The largest absolute Gasteiger partial charge is 0.466 e. The van der Waals surface area contributed by atoms with Gasteiger partial charge in [-0.05, 0) is 32.4 Å². The topological polar surface area (TPSA) is 38.3 Å². The monoisotopic (exact) mass is 313 g/mol. The number of hydrogen-bond donors (Lipinski definition) is 1. The fraction of sp³-hybridized carbons (Fsp3) is 0.500. The number of carbonyl (C=O) groups excluding carboxylic acids is 1. The van der Waals surface area contributed by atoms with Crippen LogP contribution in [0.2, 0.25) is 0 Å². The molecule has 2 atom stereocenters. The Morgan fingerprint density at radius 1 is 1.39 bits per heavy atom. The molecule has 0 aliphatic rings. The van der Waals surface area contributed by atoms with Crippen molar-refractivity contribution in [2.45, 2.75) is 39.3 Å². The normalized spacial score (nSPS) is 14.0. The van der Waals surface area contributed by atoms with E-state index in [1.165, 1.54) is 5.56 Å². The fourth-order valence-electron chi connectivity index (χ4n) is 1.87. The minimum atomic E-state index is -0.156. The van der Waals surface area contributed by atoms with Crippen LogP contribution in [0.4, 0.5) is 0 Å². The second-order valence-electron chi connectivity index (χ2n) is 4.32. The number of carbonyl (C=O) groups is 1. The first-order valence-electron chi connectivity index (χ1n) is 6.20. The van der Waals surface area contributed by atoms with Gasteiger partial charge in [0.1, 0.15) is 0 Å². The van der Waals surface area contributed by atoms with Crippen molar-refractivity contribution in [2.75, 3.05) is 6.61 Å². The van der Waals surface area contributed by atoms with Crippen molar-refractivity contribution >= 4 is 21.9 Å². The molecular weight excluding hydrogens is 294 g/mol. The zero-order valence-electron chi connectivity index (χ0n) is 11.1. The van der Waals surface area contributed by atoms with Crippen LogP contribution in [-0.2, 0) is 9.53 Å². The van der Waals surface area contributed by atoms with Gasteiger partial charge < -0.3 is 10.1 Å². The average molecular weight is 314 g/mol. The average Bonchev–Trinajstić information content (AvgIpc) is 2.29. The highest BCUT2D eigenvalue weighted by Gasteiger charge is 2.14. The maximum Gasteiger partial charge on any atom is 0.307 e. The van der Waals surface area contributed by atoms with E-state index in [0.717, 1.165) is 4.47 Å². The van der Waals surface area contributed by atoms with Crippen LogP contribution in [0, 0.1) is 0 Å². The summed E-state index contributed by atoms with van der Waals surface area (Å²) in [5, 5.41) is 3.40. The molecule has 1 N–H and O–H groups in total. The van der Waals surface area contributed by atoms with Crippen LogP contribution in [-0.4, -0.2) is 18.6 Å². The van der Waals surface area contributed by atoms with Gasteiger partial charge in [0.25, 0.3) is 0 Å². The van der Waals surface area contributed by atoms with Gasteiger partial charge in [0.15, 0.2) is 0 Å². The third-order valence-corrected chi connectivity index (χ3v) is 3.41. The zero-order chi connectivity index (χ0) is 13.5. The van der Waals surface area contributed by atoms with Crippen LogP contribution in [0.3, 0.4) is 0 Å². The highest BCUT2D eigenvalue weighted by molar-refractivity contribution is 9.10. The number of halogens is 1. The Kier molecular flexibility index (Phi) is 6.36. The lowest BCUT2D eigenvalue weighted by Crippen LogP contribution is -2.31. The molecule has 0 heterocycles. The number of hydrogen-bond acceptors (Lipinski definition) is 3. The molecule has 0 spiro atoms. The highest BCUT2D eigenvalue weighted by atomic mass is 79.9. The molecule has 3 nitrogen and oxygen atoms in total. The maximum atomic E-state index is 11.4. The predicted octanol–water partition coefficient (Wildman–Crippen LogP) is 3.44. The number of esters is 1. The number of rotatable bonds is 6. The van der Waals surface area contributed by atoms with Gasteiger partial charge in [0.2, 0.25) is 0 Å². The van der Waals surface area contributed by atoms with Crippen LogP contribution in [0.5, 0.6) is 0 Å². The third-order valence-electron chi connectivity index (χ3n) is 2.68. The van der Waals surface area contributed by atoms with E-state index in [1.54, 1.807) is 0 Å². The van der Waals surface area contributed by atoms with E-state index < -0.39 is 0 Å². The Hall–Kier alpha value is -0.870. The SMILES string of the molecule is CCOC(=O)CC(C)N[C@H](C)c1ccccc1Br. The Morgan fingerprint density at radius 2 is 2.06 bits per heavy atom. The summed E-state index contributed by atoms with van der Waals surface area (Å²) in [6.45, 7) is 6.33. The maximum absolute atomic E-state index is 11.4. The van der Waals surface area contributed by atoms with Crippen molar-refractivity contribution < 1.29 is 9.53 Å². The summed E-state index contributed by atoms with van der Waals surface area (Å²) < 4.78 is 6.01. The van der Waals surface area contributed by atoms with Crippen LogP contribution < -0.4 is 5.32 Å². The van der Waals surface area contributed by atoms with Gasteiger partial charge in [-0.1, -0.05) is 34.1 Å². The Morgan fingerprint density at radius 3 is 2.67 bits per heavy atom. The third kappa shape index (κ3) is 4.78. The molecule has 1 unspecified atom stereocenters. The van der Waals surface area contributed by atoms with E-state index in [2.05, 4.69) is 34.2 Å². The first-order valence-corrected chi connectivity index (χ1v) is 7.00. The molecule has 4 heteroatoms. The molecule has 0 aromatic heterocycles. The molecular formula is C14H20BrNO2. The lowest BCUT2D eigenvalue weighted by Gasteiger charge is -2.20. The quantitative estimate of drug-likeness (QED) is 0.818. The van der Waals surface area contributed by atoms with Crippen molar-refractivity contribution in [3.63, 3.8) is 0 Å². The summed E-state index contributed by atoms with van der Waals surface area (Å²) in [6.07, 6.45) is 0.392. The van der Waals surface area contributed by atoms with Crippen molar-refractivity contribution in [1.29, 1.82) is 0 Å². The number of benzene rings is 1. The molecule has 1 aromatic rings. The molecule has 0 aliphatic heterocycles. The summed E-state index contributed by atoms with van der Waals surface area (Å²) >= 11 is 3.53. The van der Waals surface area contributed by atoms with Crippen molar-refractivity contribution in [1.82, 2.24) is 5.32 Å². The summed E-state index contributed by atoms with van der Waals surface area (Å²) in [4.78, 5) is 11.4. The van der Waals surface area contributed by atoms with Gasteiger partial charge in [0.05, 0.1) is 13.0 Å². The molecule has 0 amide bonds. The standard InChI is InChI=1S/C14H20BrNO2/c1-4-18-14(17)9-10(2)16-11(3)12-7-5-6-8-13(12)15/h5-8,10-11,16H,4,9H2,1-3H3/t10?,11-/m1/s1. The molecule has 1 rings (SSSR count). The van der Waals surface area contributed by atoms with E-state index in [-0.39, 0.29) is 18.1 Å². The van der Waals surface area contributed by atoms with E-state index in [0.29, 0.717) is 13.0 Å². The zero-order valence-corrected chi connectivity index (χ0v) is 12.7. The molecule has 0 fully saturated rings. The molecule has 0 bridgehead atoms. The van der Waals surface area contributed by atoms with Gasteiger partial charge in [-0.25, -0.2) is 0 Å². The minimum absolute atomic E-state index is 0.0890. The Balaban J connectivity index is 2.52. The predicted molar refractivity (Wildman–Crippen MR) is 76.4 cm³/mol. The van der Waals surface area contributed by atoms with Gasteiger partial charge in [-0.2, -0.15) is 0 Å². The van der Waals surface area contributed by atoms with Gasteiger partial charge in [-0.15, -0.1) is 0 Å². The summed E-state index contributed by atoms with van der Waals surface area (Å²) in [7, 11) is 0. The number of nitrogens with one attached hydrogen (secondary N) is 1. The van der Waals surface area contributed by atoms with Crippen molar-refractivity contribution in [2.24, 2.45) is 0 Å². The highest BCUT2D eigenvalue weighted by Crippen LogP contribution is 2.23. The Labute approximate surface area is 117 Å². The van der Waals surface area contributed by atoms with Crippen molar-refractivity contribution in [3.8, 4) is 0 Å². The summed E-state index contributed by atoms with van der Waals surface area (Å²) in [6, 6.07) is 8.36. The molecule has 0 saturated heterocycles. The first-order chi connectivity index (χ1) is 8.54. The summed E-state index contributed by atoms with van der Waals surface area (Å²) in [5.41, 5.74) is 1.19. The second kappa shape index (κ2) is 7.54. The van der Waals surface area contributed by atoms with E-state index >= 15 is 0 Å². The van der Waals surface area contributed by atoms with Crippen LogP contribution in [0.25, 0.3) is 0 Å². The lowest BCUT2D eigenvalue weighted by molar-refractivity contribution is -0.143. The minimum Gasteiger partial charge on any atom is -0.466 e. The van der Waals surface area contributed by atoms with Crippen LogP contribution in [0.1, 0.15) is 38.8 Å². The molecule has 0 aliphatic carbocycles. The lowest BCUT2D eigenvalue weighted by atomic mass is 10.1. The Bertz CT molecular complexity index is 395. The molecule has 18 heavy (non-hydrogen) atoms. The first kappa shape index (κ1) is 15.2. The van der Waals surface area contributed by atoms with E-state index in [1.807, 2.05) is 32.0 Å². The van der Waals surface area contributed by atoms with E-state index in [9.17, 15) is 4.79 Å². The van der Waals surface area contributed by atoms with Crippen LogP contribution >= 0.6 is 15.9 Å². The summed E-state index contributed by atoms with van der Waals surface area (Å²) in [5.74, 6) is -0.156. The van der Waals surface area contributed by atoms with Gasteiger partial charge >= 0.3 is 5.97 Å². The second-order valence-corrected chi connectivity index (χ2v) is 5.17. The fourth-order valence-corrected chi connectivity index (χ4v) is 2.50.